The third-order valence-corrected chi connectivity index (χ3v) is 3.82. The summed E-state index contributed by atoms with van der Waals surface area (Å²) < 4.78 is 5.02. The Morgan fingerprint density at radius 2 is 1.88 bits per heavy atom. The van der Waals surface area contributed by atoms with Crippen molar-refractivity contribution >= 4 is 12.2 Å². The lowest BCUT2D eigenvalue weighted by Gasteiger charge is -2.06. The first kappa shape index (κ1) is 16.5. The third-order valence-electron chi connectivity index (χ3n) is 3.82. The molecule has 0 radical (unpaired) electrons. The fraction of sp³-hybridized carbons (Fsp3) is 0.100. The summed E-state index contributed by atoms with van der Waals surface area (Å²) in [5, 5.41) is 9.81. The van der Waals surface area contributed by atoms with Crippen molar-refractivity contribution in [3.8, 4) is 22.6 Å². The SMILES string of the molecule is COc1ccc(/C=C/c2nc(C)c(-c3ccccc3)c(=O)[nH]2)cc1O. The summed E-state index contributed by atoms with van der Waals surface area (Å²) in [7, 11) is 1.50. The van der Waals surface area contributed by atoms with Crippen LogP contribution in [0.25, 0.3) is 23.3 Å². The minimum atomic E-state index is -0.184. The van der Waals surface area contributed by atoms with Gasteiger partial charge in [-0.15, -0.1) is 0 Å². The van der Waals surface area contributed by atoms with Gasteiger partial charge in [-0.1, -0.05) is 42.5 Å². The van der Waals surface area contributed by atoms with Gasteiger partial charge in [-0.3, -0.25) is 4.79 Å². The molecule has 3 aromatic rings. The number of hydrogen-bond acceptors (Lipinski definition) is 4. The first-order valence-corrected chi connectivity index (χ1v) is 7.80. The van der Waals surface area contributed by atoms with Crippen molar-refractivity contribution in [1.29, 1.82) is 0 Å². The lowest BCUT2D eigenvalue weighted by molar-refractivity contribution is 0.373. The van der Waals surface area contributed by atoms with Crippen LogP contribution in [-0.2, 0) is 0 Å². The Kier molecular flexibility index (Phi) is 4.66. The molecule has 0 atom stereocenters. The molecule has 2 N–H and O–H groups in total. The number of nitrogens with one attached hydrogen (secondary N) is 1. The van der Waals surface area contributed by atoms with Gasteiger partial charge >= 0.3 is 0 Å². The molecule has 0 fully saturated rings. The van der Waals surface area contributed by atoms with Gasteiger partial charge < -0.3 is 14.8 Å². The number of methoxy groups -OCH3 is 1. The van der Waals surface area contributed by atoms with E-state index in [4.69, 9.17) is 4.74 Å². The maximum Gasteiger partial charge on any atom is 0.259 e. The Morgan fingerprint density at radius 3 is 2.52 bits per heavy atom. The van der Waals surface area contributed by atoms with E-state index >= 15 is 0 Å². The first-order valence-electron chi connectivity index (χ1n) is 7.80. The molecule has 0 aliphatic rings. The van der Waals surface area contributed by atoms with E-state index in [0.717, 1.165) is 11.1 Å². The zero-order valence-electron chi connectivity index (χ0n) is 14.0. The number of benzene rings is 2. The highest BCUT2D eigenvalue weighted by atomic mass is 16.5. The number of aromatic amines is 1. The highest BCUT2D eigenvalue weighted by Gasteiger charge is 2.09. The zero-order valence-corrected chi connectivity index (χ0v) is 14.0. The lowest BCUT2D eigenvalue weighted by Crippen LogP contribution is -2.14. The van der Waals surface area contributed by atoms with Gasteiger partial charge in [0.1, 0.15) is 5.82 Å². The summed E-state index contributed by atoms with van der Waals surface area (Å²) in [6, 6.07) is 14.5. The van der Waals surface area contributed by atoms with Gasteiger partial charge in [-0.2, -0.15) is 0 Å². The van der Waals surface area contributed by atoms with Gasteiger partial charge in [-0.05, 0) is 36.3 Å². The van der Waals surface area contributed by atoms with E-state index in [9.17, 15) is 9.90 Å². The number of aryl methyl sites for hydroxylation is 1. The van der Waals surface area contributed by atoms with Crippen LogP contribution in [0, 0.1) is 6.92 Å². The minimum absolute atomic E-state index is 0.0571. The number of rotatable bonds is 4. The second-order valence-corrected chi connectivity index (χ2v) is 5.54. The molecule has 2 aromatic carbocycles. The molecular weight excluding hydrogens is 316 g/mol. The number of ether oxygens (including phenoxy) is 1. The summed E-state index contributed by atoms with van der Waals surface area (Å²) in [4.78, 5) is 19.7. The van der Waals surface area contributed by atoms with Gasteiger partial charge in [-0.25, -0.2) is 4.98 Å². The Balaban J connectivity index is 1.92. The number of hydrogen-bond donors (Lipinski definition) is 2. The van der Waals surface area contributed by atoms with Crippen molar-refractivity contribution in [3.63, 3.8) is 0 Å². The molecule has 0 spiro atoms. The summed E-state index contributed by atoms with van der Waals surface area (Å²) in [5.41, 5.74) is 2.65. The van der Waals surface area contributed by atoms with Crippen molar-refractivity contribution < 1.29 is 9.84 Å². The summed E-state index contributed by atoms with van der Waals surface area (Å²) in [6.45, 7) is 1.81. The molecule has 25 heavy (non-hydrogen) atoms. The van der Waals surface area contributed by atoms with Crippen LogP contribution < -0.4 is 10.3 Å². The van der Waals surface area contributed by atoms with E-state index in [1.165, 1.54) is 7.11 Å². The van der Waals surface area contributed by atoms with Crippen LogP contribution in [0.5, 0.6) is 11.5 Å². The van der Waals surface area contributed by atoms with Crippen molar-refractivity contribution in [3.05, 3.63) is 76.0 Å². The smallest absolute Gasteiger partial charge is 0.259 e. The van der Waals surface area contributed by atoms with E-state index in [1.807, 2.05) is 37.3 Å². The van der Waals surface area contributed by atoms with E-state index in [2.05, 4.69) is 9.97 Å². The Morgan fingerprint density at radius 1 is 1.12 bits per heavy atom. The van der Waals surface area contributed by atoms with Crippen molar-refractivity contribution in [2.24, 2.45) is 0 Å². The van der Waals surface area contributed by atoms with Gasteiger partial charge in [0.2, 0.25) is 0 Å². The maximum absolute atomic E-state index is 12.4. The van der Waals surface area contributed by atoms with Crippen LogP contribution in [0.1, 0.15) is 17.1 Å². The minimum Gasteiger partial charge on any atom is -0.504 e. The number of nitrogens with zero attached hydrogens (tertiary/aromatic N) is 1. The lowest BCUT2D eigenvalue weighted by atomic mass is 10.1. The van der Waals surface area contributed by atoms with E-state index in [1.54, 1.807) is 30.4 Å². The largest absolute Gasteiger partial charge is 0.504 e. The number of aromatic nitrogens is 2. The maximum atomic E-state index is 12.4. The monoisotopic (exact) mass is 334 g/mol. The highest BCUT2D eigenvalue weighted by molar-refractivity contribution is 5.70. The van der Waals surface area contributed by atoms with Crippen LogP contribution in [0.4, 0.5) is 0 Å². The van der Waals surface area contributed by atoms with Gasteiger partial charge in [0.15, 0.2) is 11.5 Å². The second kappa shape index (κ2) is 7.05. The van der Waals surface area contributed by atoms with Gasteiger partial charge in [0.25, 0.3) is 5.56 Å². The average molecular weight is 334 g/mol. The summed E-state index contributed by atoms with van der Waals surface area (Å²) >= 11 is 0. The molecule has 0 bridgehead atoms. The van der Waals surface area contributed by atoms with Gasteiger partial charge in [0, 0.05) is 0 Å². The molecular formula is C20H18N2O3. The van der Waals surface area contributed by atoms with E-state index < -0.39 is 0 Å². The van der Waals surface area contributed by atoms with Crippen molar-refractivity contribution in [2.45, 2.75) is 6.92 Å². The number of H-pyrrole nitrogens is 1. The van der Waals surface area contributed by atoms with E-state index in [0.29, 0.717) is 22.8 Å². The van der Waals surface area contributed by atoms with Crippen LogP contribution in [0.3, 0.4) is 0 Å². The van der Waals surface area contributed by atoms with Gasteiger partial charge in [0.05, 0.1) is 18.4 Å². The molecule has 0 unspecified atom stereocenters. The van der Waals surface area contributed by atoms with Crippen LogP contribution in [0.2, 0.25) is 0 Å². The van der Waals surface area contributed by atoms with Crippen molar-refractivity contribution in [2.75, 3.05) is 7.11 Å². The quantitative estimate of drug-likeness (QED) is 0.764. The summed E-state index contributed by atoms with van der Waals surface area (Å²) in [5.74, 6) is 0.922. The fourth-order valence-corrected chi connectivity index (χ4v) is 2.62. The molecule has 0 saturated heterocycles. The topological polar surface area (TPSA) is 75.2 Å². The molecule has 5 heteroatoms. The van der Waals surface area contributed by atoms with Crippen LogP contribution >= 0.6 is 0 Å². The normalized spacial score (nSPS) is 11.0. The standard InChI is InChI=1S/C20H18N2O3/c1-13-19(15-6-4-3-5-7-15)20(24)22-18(21-13)11-9-14-8-10-17(25-2)16(23)12-14/h3-12,23H,1-2H3,(H,21,22,24)/b11-9+. The first-order chi connectivity index (χ1) is 12.1. The highest BCUT2D eigenvalue weighted by Crippen LogP contribution is 2.27. The predicted octanol–water partition coefficient (Wildman–Crippen LogP) is 3.63. The molecule has 0 aliphatic heterocycles. The molecule has 0 amide bonds. The molecule has 1 heterocycles. The zero-order chi connectivity index (χ0) is 17.8. The molecule has 1 aromatic heterocycles. The third kappa shape index (κ3) is 3.61. The molecule has 0 saturated carbocycles. The Hall–Kier alpha value is -3.34. The molecule has 126 valence electrons. The second-order valence-electron chi connectivity index (χ2n) is 5.54. The number of phenolic OH excluding ortho intramolecular Hbond substituents is 1. The van der Waals surface area contributed by atoms with Crippen LogP contribution in [-0.4, -0.2) is 22.2 Å². The predicted molar refractivity (Wildman–Crippen MR) is 98.6 cm³/mol. The number of phenols is 1. The fourth-order valence-electron chi connectivity index (χ4n) is 2.62. The molecule has 3 rings (SSSR count). The van der Waals surface area contributed by atoms with Crippen molar-refractivity contribution in [1.82, 2.24) is 9.97 Å². The Labute approximate surface area is 145 Å². The van der Waals surface area contributed by atoms with Crippen LogP contribution in [0.15, 0.2) is 53.3 Å². The average Bonchev–Trinajstić information content (AvgIpc) is 2.60. The Bertz CT molecular complexity index is 976. The number of aromatic hydroxyl groups is 1. The molecule has 5 nitrogen and oxygen atoms in total. The summed E-state index contributed by atoms with van der Waals surface area (Å²) in [6.07, 6.45) is 3.46. The molecule has 0 aliphatic carbocycles. The van der Waals surface area contributed by atoms with E-state index in [-0.39, 0.29) is 11.3 Å².